The summed E-state index contributed by atoms with van der Waals surface area (Å²) in [5.74, 6) is 0.0130. The third-order valence-corrected chi connectivity index (χ3v) is 3.31. The largest absolute Gasteiger partial charge is 0.324 e. The lowest BCUT2D eigenvalue weighted by molar-refractivity contribution is 0.392. The lowest BCUT2D eigenvalue weighted by atomic mass is 9.91. The number of hydrogen-bond acceptors (Lipinski definition) is 2. The Morgan fingerprint density at radius 2 is 2.19 bits per heavy atom. The van der Waals surface area contributed by atoms with E-state index in [1.807, 2.05) is 7.05 Å². The van der Waals surface area contributed by atoms with Crippen LogP contribution in [0.4, 0.5) is 4.39 Å². The molecule has 0 saturated heterocycles. The second kappa shape index (κ2) is 6.33. The average Bonchev–Trinajstić information content (AvgIpc) is 2.28. The van der Waals surface area contributed by atoms with E-state index in [9.17, 15) is 4.39 Å². The van der Waals surface area contributed by atoms with Gasteiger partial charge in [-0.15, -0.1) is 0 Å². The highest BCUT2D eigenvalue weighted by atomic mass is 79.9. The SMILES string of the molecule is CCC(CNC)C(N)c1cc(Br)ccc1F. The Balaban J connectivity index is 2.93. The van der Waals surface area contributed by atoms with Gasteiger partial charge in [0.15, 0.2) is 0 Å². The molecule has 2 nitrogen and oxygen atoms in total. The van der Waals surface area contributed by atoms with E-state index in [1.165, 1.54) is 6.07 Å². The smallest absolute Gasteiger partial charge is 0.128 e. The molecule has 0 aliphatic heterocycles. The molecule has 2 atom stereocenters. The molecular formula is C12H18BrFN2. The van der Waals surface area contributed by atoms with Crippen LogP contribution in [0.5, 0.6) is 0 Å². The summed E-state index contributed by atoms with van der Waals surface area (Å²) in [6.45, 7) is 2.86. The van der Waals surface area contributed by atoms with Crippen molar-refractivity contribution in [2.75, 3.05) is 13.6 Å². The molecule has 0 spiro atoms. The molecule has 2 unspecified atom stereocenters. The molecule has 0 saturated carbocycles. The van der Waals surface area contributed by atoms with Gasteiger partial charge in [-0.05, 0) is 37.7 Å². The van der Waals surface area contributed by atoms with E-state index in [0.29, 0.717) is 5.56 Å². The maximum Gasteiger partial charge on any atom is 0.128 e. The van der Waals surface area contributed by atoms with Crippen molar-refractivity contribution >= 4 is 15.9 Å². The predicted molar refractivity (Wildman–Crippen MR) is 68.7 cm³/mol. The molecule has 1 aromatic rings. The number of hydrogen-bond donors (Lipinski definition) is 2. The van der Waals surface area contributed by atoms with E-state index in [2.05, 4.69) is 28.2 Å². The van der Waals surface area contributed by atoms with E-state index >= 15 is 0 Å². The number of nitrogens with two attached hydrogens (primary N) is 1. The maximum atomic E-state index is 13.6. The first-order valence-corrected chi connectivity index (χ1v) is 6.24. The van der Waals surface area contributed by atoms with Crippen LogP contribution in [0.3, 0.4) is 0 Å². The van der Waals surface area contributed by atoms with Crippen LogP contribution >= 0.6 is 15.9 Å². The van der Waals surface area contributed by atoms with Crippen LogP contribution in [0.15, 0.2) is 22.7 Å². The molecule has 90 valence electrons. The van der Waals surface area contributed by atoms with Crippen molar-refractivity contribution in [3.8, 4) is 0 Å². The van der Waals surface area contributed by atoms with Gasteiger partial charge in [0.1, 0.15) is 5.82 Å². The molecule has 0 heterocycles. The van der Waals surface area contributed by atoms with Crippen LogP contribution in [0, 0.1) is 11.7 Å². The lowest BCUT2D eigenvalue weighted by Crippen LogP contribution is -2.29. The van der Waals surface area contributed by atoms with E-state index < -0.39 is 0 Å². The average molecular weight is 289 g/mol. The fourth-order valence-corrected chi connectivity index (χ4v) is 2.19. The van der Waals surface area contributed by atoms with Crippen molar-refractivity contribution in [3.05, 3.63) is 34.1 Å². The zero-order valence-corrected chi connectivity index (χ0v) is 11.2. The molecule has 1 rings (SSSR count). The Morgan fingerprint density at radius 1 is 1.50 bits per heavy atom. The van der Waals surface area contributed by atoms with E-state index in [4.69, 9.17) is 5.73 Å². The molecule has 0 bridgehead atoms. The molecule has 4 heteroatoms. The van der Waals surface area contributed by atoms with Crippen LogP contribution in [0.1, 0.15) is 24.9 Å². The maximum absolute atomic E-state index is 13.6. The van der Waals surface area contributed by atoms with Crippen molar-refractivity contribution in [1.29, 1.82) is 0 Å². The predicted octanol–water partition coefficient (Wildman–Crippen LogP) is 2.83. The van der Waals surface area contributed by atoms with Gasteiger partial charge in [-0.1, -0.05) is 29.3 Å². The molecule has 16 heavy (non-hydrogen) atoms. The van der Waals surface area contributed by atoms with Gasteiger partial charge in [0.25, 0.3) is 0 Å². The summed E-state index contributed by atoms with van der Waals surface area (Å²) in [6, 6.07) is 4.63. The van der Waals surface area contributed by atoms with E-state index in [0.717, 1.165) is 17.4 Å². The van der Waals surface area contributed by atoms with Gasteiger partial charge in [0.05, 0.1) is 0 Å². The van der Waals surface area contributed by atoms with Crippen molar-refractivity contribution < 1.29 is 4.39 Å². The van der Waals surface area contributed by atoms with Crippen LogP contribution in [-0.4, -0.2) is 13.6 Å². The summed E-state index contributed by atoms with van der Waals surface area (Å²) in [4.78, 5) is 0. The third-order valence-electron chi connectivity index (χ3n) is 2.82. The summed E-state index contributed by atoms with van der Waals surface area (Å²) in [5.41, 5.74) is 6.68. The van der Waals surface area contributed by atoms with Crippen LogP contribution in [0.2, 0.25) is 0 Å². The van der Waals surface area contributed by atoms with Gasteiger partial charge in [-0.3, -0.25) is 0 Å². The van der Waals surface area contributed by atoms with Gasteiger partial charge >= 0.3 is 0 Å². The van der Waals surface area contributed by atoms with Gasteiger partial charge in [0, 0.05) is 16.1 Å². The first-order valence-electron chi connectivity index (χ1n) is 5.45. The number of halogens is 2. The molecule has 0 aliphatic rings. The van der Waals surface area contributed by atoms with Crippen LogP contribution in [-0.2, 0) is 0 Å². The van der Waals surface area contributed by atoms with Gasteiger partial charge in [0.2, 0.25) is 0 Å². The van der Waals surface area contributed by atoms with E-state index in [1.54, 1.807) is 12.1 Å². The second-order valence-electron chi connectivity index (χ2n) is 3.92. The molecule has 3 N–H and O–H groups in total. The normalized spacial score (nSPS) is 14.8. The Hall–Kier alpha value is -0.450. The Bertz CT molecular complexity index is 344. The van der Waals surface area contributed by atoms with Crippen LogP contribution < -0.4 is 11.1 Å². The van der Waals surface area contributed by atoms with Crippen molar-refractivity contribution in [3.63, 3.8) is 0 Å². The quantitative estimate of drug-likeness (QED) is 0.874. The van der Waals surface area contributed by atoms with Crippen molar-refractivity contribution in [1.82, 2.24) is 5.32 Å². The summed E-state index contributed by atoms with van der Waals surface area (Å²) in [6.07, 6.45) is 0.925. The zero-order valence-electron chi connectivity index (χ0n) is 9.63. The summed E-state index contributed by atoms with van der Waals surface area (Å²) in [5, 5.41) is 3.09. The summed E-state index contributed by atoms with van der Waals surface area (Å²) >= 11 is 3.34. The van der Waals surface area contributed by atoms with E-state index in [-0.39, 0.29) is 17.8 Å². The minimum Gasteiger partial charge on any atom is -0.324 e. The number of benzene rings is 1. The first kappa shape index (κ1) is 13.6. The number of nitrogens with one attached hydrogen (secondary N) is 1. The fourth-order valence-electron chi connectivity index (χ4n) is 1.81. The molecular weight excluding hydrogens is 271 g/mol. The highest BCUT2D eigenvalue weighted by Gasteiger charge is 2.20. The second-order valence-corrected chi connectivity index (χ2v) is 4.83. The summed E-state index contributed by atoms with van der Waals surface area (Å²) < 4.78 is 14.5. The van der Waals surface area contributed by atoms with Gasteiger partial charge < -0.3 is 11.1 Å². The molecule has 0 aromatic heterocycles. The molecule has 0 aliphatic carbocycles. The van der Waals surface area contributed by atoms with Crippen molar-refractivity contribution in [2.24, 2.45) is 11.7 Å². The van der Waals surface area contributed by atoms with Gasteiger partial charge in [-0.2, -0.15) is 0 Å². The summed E-state index contributed by atoms with van der Waals surface area (Å²) in [7, 11) is 1.88. The molecule has 1 aromatic carbocycles. The van der Waals surface area contributed by atoms with Gasteiger partial charge in [-0.25, -0.2) is 4.39 Å². The number of rotatable bonds is 5. The Labute approximate surface area is 105 Å². The monoisotopic (exact) mass is 288 g/mol. The van der Waals surface area contributed by atoms with Crippen molar-refractivity contribution in [2.45, 2.75) is 19.4 Å². The Kier molecular flexibility index (Phi) is 5.38. The third kappa shape index (κ3) is 3.27. The topological polar surface area (TPSA) is 38.0 Å². The minimum atomic E-state index is -0.269. The highest BCUT2D eigenvalue weighted by Crippen LogP contribution is 2.26. The fraction of sp³-hybridized carbons (Fsp3) is 0.500. The zero-order chi connectivity index (χ0) is 12.1. The lowest BCUT2D eigenvalue weighted by Gasteiger charge is -2.23. The Morgan fingerprint density at radius 3 is 2.75 bits per heavy atom. The first-order chi connectivity index (χ1) is 7.60. The molecule has 0 amide bonds. The molecule has 0 radical (unpaired) electrons. The molecule has 0 fully saturated rings. The standard InChI is InChI=1S/C12H18BrFN2/c1-3-8(7-16-2)12(15)10-6-9(13)4-5-11(10)14/h4-6,8,12,16H,3,7,15H2,1-2H3. The minimum absolute atomic E-state index is 0.231. The van der Waals surface area contributed by atoms with Crippen LogP contribution in [0.25, 0.3) is 0 Å². The highest BCUT2D eigenvalue weighted by molar-refractivity contribution is 9.10.